The van der Waals surface area contributed by atoms with Crippen molar-refractivity contribution in [1.82, 2.24) is 25.4 Å². The fourth-order valence-electron chi connectivity index (χ4n) is 2.56. The van der Waals surface area contributed by atoms with Crippen molar-refractivity contribution < 1.29 is 9.59 Å². The van der Waals surface area contributed by atoms with Gasteiger partial charge < -0.3 is 9.88 Å². The lowest BCUT2D eigenvalue weighted by molar-refractivity contribution is -0.119. The summed E-state index contributed by atoms with van der Waals surface area (Å²) in [5.74, 6) is 0.448. The molecule has 1 aromatic carbocycles. The van der Waals surface area contributed by atoms with Crippen molar-refractivity contribution in [2.45, 2.75) is 56.6 Å². The number of hydrogen-bond donors (Lipinski definition) is 2. The summed E-state index contributed by atoms with van der Waals surface area (Å²) in [6, 6.07) is 7.79. The highest BCUT2D eigenvalue weighted by Gasteiger charge is 2.26. The number of nitrogens with zero attached hydrogens (tertiary/aromatic N) is 3. The molecule has 138 valence electrons. The lowest BCUT2D eigenvalue weighted by Crippen LogP contribution is -2.43. The summed E-state index contributed by atoms with van der Waals surface area (Å²) in [6.45, 7) is 6.50. The number of imide groups is 1. The van der Waals surface area contributed by atoms with Crippen molar-refractivity contribution >= 4 is 23.7 Å². The second-order valence-electron chi connectivity index (χ2n) is 6.36. The van der Waals surface area contributed by atoms with Crippen LogP contribution in [-0.4, -0.2) is 38.0 Å². The van der Waals surface area contributed by atoms with E-state index in [0.717, 1.165) is 29.8 Å². The zero-order valence-electron chi connectivity index (χ0n) is 15.2. The van der Waals surface area contributed by atoms with Gasteiger partial charge in [0.15, 0.2) is 11.0 Å². The Morgan fingerprint density at radius 3 is 2.69 bits per heavy atom. The van der Waals surface area contributed by atoms with Gasteiger partial charge in [0.25, 0.3) is 0 Å². The van der Waals surface area contributed by atoms with E-state index in [1.807, 2.05) is 42.7 Å². The molecule has 7 nitrogen and oxygen atoms in total. The molecule has 1 atom stereocenters. The molecule has 0 spiro atoms. The Hall–Kier alpha value is -2.35. The standard InChI is InChI=1S/C18H23N5O2S/c1-4-23-15(14-8-6-5-7-11(14)2)21-22-18(23)26-12(3)16(24)20-17(25)19-13-9-10-13/h5-8,12-13H,4,9-10H2,1-3H3,(H2,19,20,24,25). The molecule has 0 bridgehead atoms. The molecule has 0 radical (unpaired) electrons. The van der Waals surface area contributed by atoms with Crippen LogP contribution in [0.15, 0.2) is 29.4 Å². The highest BCUT2D eigenvalue weighted by Crippen LogP contribution is 2.28. The minimum atomic E-state index is -0.459. The number of thioether (sulfide) groups is 1. The topological polar surface area (TPSA) is 88.9 Å². The highest BCUT2D eigenvalue weighted by molar-refractivity contribution is 8.00. The number of nitrogens with one attached hydrogen (secondary N) is 2. The quantitative estimate of drug-likeness (QED) is 0.760. The lowest BCUT2D eigenvalue weighted by Gasteiger charge is -2.13. The highest BCUT2D eigenvalue weighted by atomic mass is 32.2. The van der Waals surface area contributed by atoms with Gasteiger partial charge in [0.1, 0.15) is 0 Å². The van der Waals surface area contributed by atoms with E-state index in [9.17, 15) is 9.59 Å². The summed E-state index contributed by atoms with van der Waals surface area (Å²) >= 11 is 1.30. The Bertz CT molecular complexity index is 816. The molecule has 26 heavy (non-hydrogen) atoms. The van der Waals surface area contributed by atoms with Crippen molar-refractivity contribution in [3.05, 3.63) is 29.8 Å². The molecule has 3 rings (SSSR count). The van der Waals surface area contributed by atoms with Crippen molar-refractivity contribution in [3.8, 4) is 11.4 Å². The number of hydrogen-bond acceptors (Lipinski definition) is 5. The molecule has 0 aliphatic heterocycles. The molecule has 2 N–H and O–H groups in total. The van der Waals surface area contributed by atoms with Gasteiger partial charge in [-0.05, 0) is 39.2 Å². The summed E-state index contributed by atoms with van der Waals surface area (Å²) in [6.07, 6.45) is 1.96. The second-order valence-corrected chi connectivity index (χ2v) is 7.67. The minimum absolute atomic E-state index is 0.214. The van der Waals surface area contributed by atoms with Crippen LogP contribution < -0.4 is 10.6 Å². The van der Waals surface area contributed by atoms with E-state index in [1.165, 1.54) is 11.8 Å². The first kappa shape index (κ1) is 18.4. The summed E-state index contributed by atoms with van der Waals surface area (Å²) in [7, 11) is 0. The fraction of sp³-hybridized carbons (Fsp3) is 0.444. The predicted octanol–water partition coefficient (Wildman–Crippen LogP) is 2.74. The molecular formula is C18H23N5O2S. The zero-order valence-corrected chi connectivity index (χ0v) is 16.0. The molecule has 1 aliphatic rings. The molecule has 1 fully saturated rings. The van der Waals surface area contributed by atoms with E-state index < -0.39 is 11.3 Å². The minimum Gasteiger partial charge on any atom is -0.335 e. The van der Waals surface area contributed by atoms with E-state index >= 15 is 0 Å². The van der Waals surface area contributed by atoms with Crippen LogP contribution in [0.4, 0.5) is 4.79 Å². The molecule has 1 aliphatic carbocycles. The number of carbonyl (C=O) groups excluding carboxylic acids is 2. The monoisotopic (exact) mass is 373 g/mol. The SMILES string of the molecule is CCn1c(SC(C)C(=O)NC(=O)NC2CC2)nnc1-c1ccccc1C. The van der Waals surface area contributed by atoms with Crippen LogP contribution in [0.25, 0.3) is 11.4 Å². The van der Waals surface area contributed by atoms with Crippen molar-refractivity contribution in [2.75, 3.05) is 0 Å². The molecule has 1 aromatic heterocycles. The van der Waals surface area contributed by atoms with Gasteiger partial charge in [-0.3, -0.25) is 10.1 Å². The number of amides is 3. The van der Waals surface area contributed by atoms with E-state index in [2.05, 4.69) is 20.8 Å². The van der Waals surface area contributed by atoms with Gasteiger partial charge in [-0.2, -0.15) is 0 Å². The number of benzene rings is 1. The van der Waals surface area contributed by atoms with Crippen molar-refractivity contribution in [2.24, 2.45) is 0 Å². The third-order valence-corrected chi connectivity index (χ3v) is 5.30. The van der Waals surface area contributed by atoms with E-state index in [1.54, 1.807) is 6.92 Å². The Labute approximate surface area is 157 Å². The van der Waals surface area contributed by atoms with Gasteiger partial charge in [0, 0.05) is 18.2 Å². The number of carbonyl (C=O) groups is 2. The fourth-order valence-corrected chi connectivity index (χ4v) is 3.47. The summed E-state index contributed by atoms with van der Waals surface area (Å²) in [4.78, 5) is 24.0. The van der Waals surface area contributed by atoms with E-state index in [0.29, 0.717) is 11.7 Å². The number of rotatable bonds is 6. The normalized spacial score (nSPS) is 14.7. The van der Waals surface area contributed by atoms with Gasteiger partial charge in [-0.25, -0.2) is 4.79 Å². The third-order valence-electron chi connectivity index (χ3n) is 4.22. The van der Waals surface area contributed by atoms with Crippen LogP contribution >= 0.6 is 11.8 Å². The van der Waals surface area contributed by atoms with Crippen molar-refractivity contribution in [1.29, 1.82) is 0 Å². The number of aromatic nitrogens is 3. The first-order valence-electron chi connectivity index (χ1n) is 8.76. The van der Waals surface area contributed by atoms with Crippen LogP contribution in [0.5, 0.6) is 0 Å². The Kier molecular flexibility index (Phi) is 5.61. The second kappa shape index (κ2) is 7.90. The van der Waals surface area contributed by atoms with Gasteiger partial charge in [0.05, 0.1) is 5.25 Å². The van der Waals surface area contributed by atoms with Crippen LogP contribution in [-0.2, 0) is 11.3 Å². The van der Waals surface area contributed by atoms with Gasteiger partial charge >= 0.3 is 6.03 Å². The van der Waals surface area contributed by atoms with E-state index in [4.69, 9.17) is 0 Å². The molecular weight excluding hydrogens is 350 g/mol. The molecule has 3 amide bonds. The molecule has 8 heteroatoms. The molecule has 1 unspecified atom stereocenters. The maximum absolute atomic E-state index is 12.2. The first-order valence-corrected chi connectivity index (χ1v) is 9.64. The van der Waals surface area contributed by atoms with Gasteiger partial charge in [0.2, 0.25) is 5.91 Å². The van der Waals surface area contributed by atoms with Crippen molar-refractivity contribution in [3.63, 3.8) is 0 Å². The summed E-state index contributed by atoms with van der Waals surface area (Å²) in [5.41, 5.74) is 2.14. The predicted molar refractivity (Wildman–Crippen MR) is 101 cm³/mol. The van der Waals surface area contributed by atoms with Gasteiger partial charge in [-0.15, -0.1) is 10.2 Å². The van der Waals surface area contributed by atoms with E-state index in [-0.39, 0.29) is 11.9 Å². The summed E-state index contributed by atoms with van der Waals surface area (Å²) < 4.78 is 1.99. The lowest BCUT2D eigenvalue weighted by atomic mass is 10.1. The maximum Gasteiger partial charge on any atom is 0.321 e. The summed E-state index contributed by atoms with van der Waals surface area (Å²) in [5, 5.41) is 13.9. The Balaban J connectivity index is 1.70. The molecule has 1 saturated carbocycles. The Morgan fingerprint density at radius 1 is 1.31 bits per heavy atom. The smallest absolute Gasteiger partial charge is 0.321 e. The number of aryl methyl sites for hydroxylation is 1. The largest absolute Gasteiger partial charge is 0.335 e. The molecule has 2 aromatic rings. The molecule has 0 saturated heterocycles. The Morgan fingerprint density at radius 2 is 2.04 bits per heavy atom. The zero-order chi connectivity index (χ0) is 18.7. The van der Waals surface area contributed by atoms with Crippen LogP contribution in [0, 0.1) is 6.92 Å². The average Bonchev–Trinajstić information content (AvgIpc) is 3.33. The average molecular weight is 373 g/mol. The first-order chi connectivity index (χ1) is 12.5. The van der Waals surface area contributed by atoms with Crippen LogP contribution in [0.1, 0.15) is 32.3 Å². The van der Waals surface area contributed by atoms with Gasteiger partial charge in [-0.1, -0.05) is 36.0 Å². The number of urea groups is 1. The molecule has 1 heterocycles. The van der Waals surface area contributed by atoms with Crippen LogP contribution in [0.2, 0.25) is 0 Å². The maximum atomic E-state index is 12.2. The van der Waals surface area contributed by atoms with Crippen LogP contribution in [0.3, 0.4) is 0 Å². The third kappa shape index (κ3) is 4.24.